The summed E-state index contributed by atoms with van der Waals surface area (Å²) in [5.41, 5.74) is -0.723. The summed E-state index contributed by atoms with van der Waals surface area (Å²) >= 11 is 0. The molecule has 3 unspecified atom stereocenters. The highest BCUT2D eigenvalue weighted by Gasteiger charge is 2.40. The second-order valence-electron chi connectivity index (χ2n) is 6.11. The summed E-state index contributed by atoms with van der Waals surface area (Å²) in [6.07, 6.45) is -4.54. The van der Waals surface area contributed by atoms with Crippen molar-refractivity contribution in [2.45, 2.75) is 64.0 Å². The van der Waals surface area contributed by atoms with Crippen LogP contribution in [-0.4, -0.2) is 41.2 Å². The summed E-state index contributed by atoms with van der Waals surface area (Å²) in [5.74, 6) is -1.67. The lowest BCUT2D eigenvalue weighted by atomic mass is 9.95. The number of rotatable bonds is 4. The second kappa shape index (κ2) is 6.37. The zero-order valence-corrected chi connectivity index (χ0v) is 11.9. The lowest BCUT2D eigenvalue weighted by Crippen LogP contribution is -2.43. The predicted molar refractivity (Wildman–Crippen MR) is 67.9 cm³/mol. The number of amides is 1. The molecule has 7 heteroatoms. The van der Waals surface area contributed by atoms with Gasteiger partial charge in [0.25, 0.3) is 0 Å². The molecule has 0 aromatic carbocycles. The highest BCUT2D eigenvalue weighted by atomic mass is 19.2. The average molecular weight is 293 g/mol. The van der Waals surface area contributed by atoms with Gasteiger partial charge in [0.1, 0.15) is 17.9 Å². The fourth-order valence-corrected chi connectivity index (χ4v) is 2.28. The molecule has 0 aliphatic heterocycles. The molecule has 1 aliphatic rings. The first kappa shape index (κ1) is 16.7. The van der Waals surface area contributed by atoms with Crippen LogP contribution < -0.4 is 5.32 Å². The van der Waals surface area contributed by atoms with Crippen molar-refractivity contribution in [3.8, 4) is 0 Å². The van der Waals surface area contributed by atoms with Gasteiger partial charge in [0.05, 0.1) is 6.42 Å². The van der Waals surface area contributed by atoms with Crippen molar-refractivity contribution in [3.05, 3.63) is 0 Å². The van der Waals surface area contributed by atoms with Crippen molar-refractivity contribution in [2.24, 2.45) is 5.92 Å². The number of alkyl carbamates (subject to hydrolysis) is 1. The van der Waals surface area contributed by atoms with Crippen molar-refractivity contribution in [1.29, 1.82) is 0 Å². The third-order valence-corrected chi connectivity index (χ3v) is 3.11. The summed E-state index contributed by atoms with van der Waals surface area (Å²) in [5, 5.41) is 11.3. The van der Waals surface area contributed by atoms with Crippen LogP contribution in [0.4, 0.5) is 13.6 Å². The van der Waals surface area contributed by atoms with Gasteiger partial charge in [-0.3, -0.25) is 4.79 Å². The molecule has 1 fully saturated rings. The smallest absolute Gasteiger partial charge is 0.407 e. The molecule has 2 N–H and O–H groups in total. The summed E-state index contributed by atoms with van der Waals surface area (Å²) in [6, 6.07) is -0.832. The normalized spacial score (nSPS) is 27.9. The van der Waals surface area contributed by atoms with Crippen LogP contribution in [0.15, 0.2) is 0 Å². The minimum absolute atomic E-state index is 0.0884. The molecule has 0 aromatic rings. The highest BCUT2D eigenvalue weighted by Crippen LogP contribution is 2.34. The van der Waals surface area contributed by atoms with Gasteiger partial charge in [-0.2, -0.15) is 0 Å². The predicted octanol–water partition coefficient (Wildman–Crippen LogP) is 2.44. The van der Waals surface area contributed by atoms with E-state index in [2.05, 4.69) is 5.32 Å². The maximum atomic E-state index is 13.2. The molecule has 1 amide bonds. The second-order valence-corrected chi connectivity index (χ2v) is 6.11. The van der Waals surface area contributed by atoms with E-state index in [0.29, 0.717) is 0 Å². The molecule has 1 saturated carbocycles. The Balaban J connectivity index is 2.65. The molecule has 20 heavy (non-hydrogen) atoms. The number of aliphatic carboxylic acids is 1. The Bertz CT molecular complexity index is 360. The Morgan fingerprint density at radius 1 is 1.30 bits per heavy atom. The Hall–Kier alpha value is -1.40. The molecule has 5 nitrogen and oxygen atoms in total. The summed E-state index contributed by atoms with van der Waals surface area (Å²) in [6.45, 7) is 5.01. The number of nitrogens with one attached hydrogen (secondary N) is 1. The number of carbonyl (C=O) groups excluding carboxylic acids is 1. The van der Waals surface area contributed by atoms with Crippen molar-refractivity contribution in [2.75, 3.05) is 0 Å². The van der Waals surface area contributed by atoms with Gasteiger partial charge in [-0.1, -0.05) is 0 Å². The van der Waals surface area contributed by atoms with Crippen molar-refractivity contribution in [1.82, 2.24) is 5.32 Å². The van der Waals surface area contributed by atoms with E-state index in [1.165, 1.54) is 0 Å². The van der Waals surface area contributed by atoms with E-state index in [9.17, 15) is 18.4 Å². The van der Waals surface area contributed by atoms with E-state index >= 15 is 0 Å². The van der Waals surface area contributed by atoms with Gasteiger partial charge in [0, 0.05) is 6.04 Å². The molecule has 0 radical (unpaired) electrons. The number of carboxylic acids is 1. The Labute approximate surface area is 116 Å². The summed E-state index contributed by atoms with van der Waals surface area (Å²) in [4.78, 5) is 22.5. The summed E-state index contributed by atoms with van der Waals surface area (Å²) in [7, 11) is 0. The maximum absolute atomic E-state index is 13.2. The van der Waals surface area contributed by atoms with Crippen molar-refractivity contribution in [3.63, 3.8) is 0 Å². The van der Waals surface area contributed by atoms with Crippen LogP contribution >= 0.6 is 0 Å². The zero-order chi connectivity index (χ0) is 15.5. The van der Waals surface area contributed by atoms with Crippen molar-refractivity contribution >= 4 is 12.1 Å². The number of alkyl halides is 2. The van der Waals surface area contributed by atoms with Crippen LogP contribution in [0.2, 0.25) is 0 Å². The minimum atomic E-state index is -1.60. The average Bonchev–Trinajstić information content (AvgIpc) is 2.54. The first-order chi connectivity index (χ1) is 9.08. The van der Waals surface area contributed by atoms with Crippen LogP contribution in [0.25, 0.3) is 0 Å². The number of carboxylic acid groups (broad SMARTS) is 1. The molecular formula is C13H21F2NO4. The molecule has 1 rings (SSSR count). The van der Waals surface area contributed by atoms with Gasteiger partial charge in [-0.15, -0.1) is 0 Å². The first-order valence-corrected chi connectivity index (χ1v) is 6.58. The minimum Gasteiger partial charge on any atom is -0.481 e. The lowest BCUT2D eigenvalue weighted by molar-refractivity contribution is -0.137. The van der Waals surface area contributed by atoms with E-state index < -0.39 is 42.0 Å². The van der Waals surface area contributed by atoms with Crippen LogP contribution in [0.3, 0.4) is 0 Å². The Morgan fingerprint density at radius 2 is 1.80 bits per heavy atom. The Morgan fingerprint density at radius 3 is 2.20 bits per heavy atom. The largest absolute Gasteiger partial charge is 0.481 e. The van der Waals surface area contributed by atoms with Gasteiger partial charge >= 0.3 is 12.1 Å². The monoisotopic (exact) mass is 293 g/mol. The Kier molecular flexibility index (Phi) is 5.30. The topological polar surface area (TPSA) is 75.6 Å². The fourth-order valence-electron chi connectivity index (χ4n) is 2.28. The van der Waals surface area contributed by atoms with Gasteiger partial charge in [0.2, 0.25) is 0 Å². The molecule has 0 heterocycles. The van der Waals surface area contributed by atoms with Gasteiger partial charge in [-0.25, -0.2) is 13.6 Å². The zero-order valence-electron chi connectivity index (χ0n) is 11.9. The molecule has 0 spiro atoms. The number of ether oxygens (including phenoxy) is 1. The van der Waals surface area contributed by atoms with Gasteiger partial charge in [0.15, 0.2) is 0 Å². The first-order valence-electron chi connectivity index (χ1n) is 6.58. The van der Waals surface area contributed by atoms with Gasteiger partial charge < -0.3 is 15.2 Å². The molecule has 1 aliphatic carbocycles. The number of carbonyl (C=O) groups is 2. The van der Waals surface area contributed by atoms with Gasteiger partial charge in [-0.05, 0) is 39.5 Å². The quantitative estimate of drug-likeness (QED) is 0.834. The highest BCUT2D eigenvalue weighted by molar-refractivity contribution is 5.71. The van der Waals surface area contributed by atoms with Crippen molar-refractivity contribution < 1.29 is 28.2 Å². The third-order valence-electron chi connectivity index (χ3n) is 3.11. The SMILES string of the molecule is CC(C)(C)OC(=O)NC(CC(=O)O)C1CC(F)C(F)C1. The molecule has 0 aromatic heterocycles. The number of halogens is 2. The summed E-state index contributed by atoms with van der Waals surface area (Å²) < 4.78 is 31.4. The standard InChI is InChI=1S/C13H21F2NO4/c1-13(2,3)20-12(19)16-10(6-11(17)18)7-4-8(14)9(15)5-7/h7-10H,4-6H2,1-3H3,(H,16,19)(H,17,18). The van der Waals surface area contributed by atoms with E-state index in [1.807, 2.05) is 0 Å². The van der Waals surface area contributed by atoms with E-state index in [-0.39, 0.29) is 19.3 Å². The third kappa shape index (κ3) is 5.30. The lowest BCUT2D eigenvalue weighted by Gasteiger charge is -2.26. The number of hydrogen-bond acceptors (Lipinski definition) is 3. The van der Waals surface area contributed by atoms with Crippen LogP contribution in [-0.2, 0) is 9.53 Å². The molecule has 0 bridgehead atoms. The molecule has 0 saturated heterocycles. The van der Waals surface area contributed by atoms with Crippen LogP contribution in [0.5, 0.6) is 0 Å². The fraction of sp³-hybridized carbons (Fsp3) is 0.846. The van der Waals surface area contributed by atoms with E-state index in [4.69, 9.17) is 9.84 Å². The molecular weight excluding hydrogens is 272 g/mol. The number of hydrogen-bond donors (Lipinski definition) is 2. The molecule has 3 atom stereocenters. The maximum Gasteiger partial charge on any atom is 0.407 e. The van der Waals surface area contributed by atoms with Crippen LogP contribution in [0.1, 0.15) is 40.0 Å². The van der Waals surface area contributed by atoms with E-state index in [1.54, 1.807) is 20.8 Å². The van der Waals surface area contributed by atoms with E-state index in [0.717, 1.165) is 0 Å². The van der Waals surface area contributed by atoms with Crippen LogP contribution in [0, 0.1) is 5.92 Å². The molecule has 116 valence electrons.